The van der Waals surface area contributed by atoms with Gasteiger partial charge in [0.1, 0.15) is 11.5 Å². The topological polar surface area (TPSA) is 84.9 Å². The Morgan fingerprint density at radius 2 is 1.73 bits per heavy atom. The van der Waals surface area contributed by atoms with E-state index in [1.165, 1.54) is 0 Å². The van der Waals surface area contributed by atoms with E-state index in [9.17, 15) is 9.59 Å². The van der Waals surface area contributed by atoms with Gasteiger partial charge in [-0.3, -0.25) is 4.79 Å². The first-order chi connectivity index (χ1) is 12.5. The minimum atomic E-state index is -0.946. The Morgan fingerprint density at radius 1 is 1.00 bits per heavy atom. The van der Waals surface area contributed by atoms with Gasteiger partial charge in [0.15, 0.2) is 0 Å². The van der Waals surface area contributed by atoms with Gasteiger partial charge in [0.25, 0.3) is 0 Å². The van der Waals surface area contributed by atoms with Gasteiger partial charge in [0.2, 0.25) is 5.91 Å². The molecule has 0 radical (unpaired) electrons. The highest BCUT2D eigenvalue weighted by molar-refractivity contribution is 5.87. The van der Waals surface area contributed by atoms with Gasteiger partial charge in [-0.05, 0) is 54.3 Å². The standard InChI is InChI=1S/C20H23NO5/c1-25-17-8-9-18(26-2)16(13-17)7-10-19(22)21-12-11-14-3-5-15(6-4-14)20(23)24/h3-6,8-9,13H,7,10-12H2,1-2H3,(H,21,22)(H,23,24). The number of aromatic carboxylic acids is 1. The van der Waals surface area contributed by atoms with E-state index in [1.807, 2.05) is 18.2 Å². The first kappa shape index (κ1) is 19.3. The number of carboxylic acids is 1. The minimum absolute atomic E-state index is 0.0444. The van der Waals surface area contributed by atoms with Gasteiger partial charge in [-0.1, -0.05) is 12.1 Å². The molecule has 0 aromatic heterocycles. The molecule has 0 aliphatic carbocycles. The fourth-order valence-corrected chi connectivity index (χ4v) is 2.57. The number of hydrogen-bond donors (Lipinski definition) is 2. The zero-order valence-electron chi connectivity index (χ0n) is 15.0. The maximum atomic E-state index is 12.0. The number of benzene rings is 2. The van der Waals surface area contributed by atoms with Crippen molar-refractivity contribution in [3.8, 4) is 11.5 Å². The molecule has 2 aromatic carbocycles. The van der Waals surface area contributed by atoms with E-state index in [4.69, 9.17) is 14.6 Å². The molecule has 0 bridgehead atoms. The molecule has 0 atom stereocenters. The normalized spacial score (nSPS) is 10.2. The number of aryl methyl sites for hydroxylation is 1. The lowest BCUT2D eigenvalue weighted by molar-refractivity contribution is -0.121. The molecule has 0 fully saturated rings. The second-order valence-electron chi connectivity index (χ2n) is 5.78. The smallest absolute Gasteiger partial charge is 0.335 e. The molecule has 0 saturated heterocycles. The van der Waals surface area contributed by atoms with Crippen molar-refractivity contribution in [3.63, 3.8) is 0 Å². The number of rotatable bonds is 9. The van der Waals surface area contributed by atoms with Crippen LogP contribution in [0.25, 0.3) is 0 Å². The summed E-state index contributed by atoms with van der Waals surface area (Å²) in [6.07, 6.45) is 1.55. The average Bonchev–Trinajstić information content (AvgIpc) is 2.66. The van der Waals surface area contributed by atoms with E-state index < -0.39 is 5.97 Å². The maximum Gasteiger partial charge on any atom is 0.335 e. The molecule has 1 amide bonds. The van der Waals surface area contributed by atoms with Crippen LogP contribution in [0.2, 0.25) is 0 Å². The van der Waals surface area contributed by atoms with E-state index >= 15 is 0 Å². The van der Waals surface area contributed by atoms with Crippen molar-refractivity contribution in [1.82, 2.24) is 5.32 Å². The van der Waals surface area contributed by atoms with E-state index in [0.717, 1.165) is 22.6 Å². The number of methoxy groups -OCH3 is 2. The molecule has 138 valence electrons. The van der Waals surface area contributed by atoms with Gasteiger partial charge < -0.3 is 19.9 Å². The van der Waals surface area contributed by atoms with Crippen LogP contribution < -0.4 is 14.8 Å². The lowest BCUT2D eigenvalue weighted by Gasteiger charge is -2.10. The third kappa shape index (κ3) is 5.51. The number of hydrogen-bond acceptors (Lipinski definition) is 4. The molecule has 0 unspecified atom stereocenters. The van der Waals surface area contributed by atoms with Gasteiger partial charge in [-0.2, -0.15) is 0 Å². The molecule has 0 spiro atoms. The van der Waals surface area contributed by atoms with Crippen LogP contribution in [0.15, 0.2) is 42.5 Å². The number of ether oxygens (including phenoxy) is 2. The first-order valence-electron chi connectivity index (χ1n) is 8.33. The Bertz CT molecular complexity index is 755. The summed E-state index contributed by atoms with van der Waals surface area (Å²) in [5.41, 5.74) is 2.15. The SMILES string of the molecule is COc1ccc(OC)c(CCC(=O)NCCc2ccc(C(=O)O)cc2)c1. The summed E-state index contributed by atoms with van der Waals surface area (Å²) in [4.78, 5) is 22.9. The number of carbonyl (C=O) groups excluding carboxylic acids is 1. The second-order valence-corrected chi connectivity index (χ2v) is 5.78. The fraction of sp³-hybridized carbons (Fsp3) is 0.300. The van der Waals surface area contributed by atoms with Gasteiger partial charge in [-0.15, -0.1) is 0 Å². The van der Waals surface area contributed by atoms with E-state index in [2.05, 4.69) is 5.32 Å². The zero-order chi connectivity index (χ0) is 18.9. The van der Waals surface area contributed by atoms with Crippen molar-refractivity contribution in [1.29, 1.82) is 0 Å². The van der Waals surface area contributed by atoms with Crippen molar-refractivity contribution in [2.45, 2.75) is 19.3 Å². The fourth-order valence-electron chi connectivity index (χ4n) is 2.57. The molecule has 6 nitrogen and oxygen atoms in total. The molecule has 6 heteroatoms. The van der Waals surface area contributed by atoms with Gasteiger partial charge >= 0.3 is 5.97 Å². The van der Waals surface area contributed by atoms with Gasteiger partial charge in [0.05, 0.1) is 19.8 Å². The van der Waals surface area contributed by atoms with Crippen LogP contribution in [0.1, 0.15) is 27.9 Å². The predicted octanol–water partition coefficient (Wildman–Crippen LogP) is 2.69. The summed E-state index contributed by atoms with van der Waals surface area (Å²) in [5, 5.41) is 11.8. The third-order valence-electron chi connectivity index (χ3n) is 4.05. The van der Waals surface area contributed by atoms with Crippen molar-refractivity contribution in [2.24, 2.45) is 0 Å². The Morgan fingerprint density at radius 3 is 2.35 bits per heavy atom. The maximum absolute atomic E-state index is 12.0. The number of amides is 1. The molecular weight excluding hydrogens is 334 g/mol. The Kier molecular flexibility index (Phi) is 7.02. The Balaban J connectivity index is 1.79. The Labute approximate surface area is 152 Å². The highest BCUT2D eigenvalue weighted by Crippen LogP contribution is 2.25. The lowest BCUT2D eigenvalue weighted by Crippen LogP contribution is -2.25. The first-order valence-corrected chi connectivity index (χ1v) is 8.33. The highest BCUT2D eigenvalue weighted by Gasteiger charge is 2.08. The minimum Gasteiger partial charge on any atom is -0.497 e. The molecule has 2 N–H and O–H groups in total. The molecular formula is C20H23NO5. The molecule has 0 aliphatic heterocycles. The van der Waals surface area contributed by atoms with Gasteiger partial charge in [-0.25, -0.2) is 4.79 Å². The van der Waals surface area contributed by atoms with E-state index in [-0.39, 0.29) is 11.5 Å². The van der Waals surface area contributed by atoms with Crippen LogP contribution in [0, 0.1) is 0 Å². The van der Waals surface area contributed by atoms with Gasteiger partial charge in [0, 0.05) is 13.0 Å². The summed E-state index contributed by atoms with van der Waals surface area (Å²) in [6.45, 7) is 0.500. The lowest BCUT2D eigenvalue weighted by atomic mass is 10.1. The summed E-state index contributed by atoms with van der Waals surface area (Å²) in [6, 6.07) is 12.2. The van der Waals surface area contributed by atoms with Crippen molar-refractivity contribution >= 4 is 11.9 Å². The number of nitrogens with one attached hydrogen (secondary N) is 1. The summed E-state index contributed by atoms with van der Waals surface area (Å²) in [7, 11) is 3.20. The largest absolute Gasteiger partial charge is 0.497 e. The summed E-state index contributed by atoms with van der Waals surface area (Å²) < 4.78 is 10.5. The van der Waals surface area contributed by atoms with E-state index in [1.54, 1.807) is 38.5 Å². The summed E-state index contributed by atoms with van der Waals surface area (Å²) >= 11 is 0. The highest BCUT2D eigenvalue weighted by atomic mass is 16.5. The van der Waals surface area contributed by atoms with Crippen LogP contribution >= 0.6 is 0 Å². The molecule has 0 saturated carbocycles. The average molecular weight is 357 g/mol. The van der Waals surface area contributed by atoms with Crippen molar-refractivity contribution in [2.75, 3.05) is 20.8 Å². The molecule has 0 heterocycles. The molecule has 2 aromatic rings. The summed E-state index contributed by atoms with van der Waals surface area (Å²) in [5.74, 6) is 0.470. The number of carboxylic acid groups (broad SMARTS) is 1. The second kappa shape index (κ2) is 9.46. The Hall–Kier alpha value is -3.02. The van der Waals surface area contributed by atoms with Crippen molar-refractivity contribution < 1.29 is 24.2 Å². The predicted molar refractivity (Wildman–Crippen MR) is 98.0 cm³/mol. The van der Waals surface area contributed by atoms with Crippen LogP contribution in [-0.4, -0.2) is 37.7 Å². The zero-order valence-corrected chi connectivity index (χ0v) is 15.0. The van der Waals surface area contributed by atoms with Crippen molar-refractivity contribution in [3.05, 3.63) is 59.2 Å². The van der Waals surface area contributed by atoms with Crippen LogP contribution in [-0.2, 0) is 17.6 Å². The van der Waals surface area contributed by atoms with Crippen LogP contribution in [0.4, 0.5) is 0 Å². The monoisotopic (exact) mass is 357 g/mol. The molecule has 0 aliphatic rings. The van der Waals surface area contributed by atoms with Crippen LogP contribution in [0.3, 0.4) is 0 Å². The van der Waals surface area contributed by atoms with Crippen LogP contribution in [0.5, 0.6) is 11.5 Å². The molecule has 2 rings (SSSR count). The van der Waals surface area contributed by atoms with E-state index in [0.29, 0.717) is 25.8 Å². The third-order valence-corrected chi connectivity index (χ3v) is 4.05. The quantitative estimate of drug-likeness (QED) is 0.721. The molecule has 26 heavy (non-hydrogen) atoms. The number of carbonyl (C=O) groups is 2.